The van der Waals surface area contributed by atoms with Crippen molar-refractivity contribution in [3.63, 3.8) is 0 Å². The number of nitrogens with one attached hydrogen (secondary N) is 2. The number of hydrogen-bond donors (Lipinski definition) is 3. The van der Waals surface area contributed by atoms with Gasteiger partial charge in [-0.25, -0.2) is 19.3 Å². The minimum atomic E-state index is -1.04. The number of hydrogen-bond acceptors (Lipinski definition) is 7. The fraction of sp³-hybridized carbons (Fsp3) is 0.161. The summed E-state index contributed by atoms with van der Waals surface area (Å²) in [6.45, 7) is 6.13. The quantitative estimate of drug-likeness (QED) is 0.164. The number of rotatable bonds is 7. The van der Waals surface area contributed by atoms with Crippen LogP contribution in [0.5, 0.6) is 17.2 Å². The van der Waals surface area contributed by atoms with Crippen LogP contribution in [-0.2, 0) is 5.41 Å². The summed E-state index contributed by atoms with van der Waals surface area (Å²) in [4.78, 5) is 29.3. The molecule has 0 aliphatic heterocycles. The van der Waals surface area contributed by atoms with Crippen LogP contribution in [0.4, 0.5) is 16.3 Å². The molecule has 0 atom stereocenters. The molecule has 3 heterocycles. The third-order valence-electron chi connectivity index (χ3n) is 6.77. The van der Waals surface area contributed by atoms with Gasteiger partial charge >= 0.3 is 12.0 Å². The molecule has 0 fully saturated rings. The number of urea groups is 1. The Morgan fingerprint density at radius 3 is 2.41 bits per heavy atom. The predicted octanol–water partition coefficient (Wildman–Crippen LogP) is 7.83. The first-order valence-electron chi connectivity index (χ1n) is 13.4. The summed E-state index contributed by atoms with van der Waals surface area (Å²) in [5, 5.41) is 20.3. The van der Waals surface area contributed by atoms with Gasteiger partial charge in [-0.1, -0.05) is 43.7 Å². The summed E-state index contributed by atoms with van der Waals surface area (Å²) in [6, 6.07) is 19.0. The summed E-state index contributed by atoms with van der Waals surface area (Å²) in [6.07, 6.45) is 1.35. The molecule has 2 amide bonds. The summed E-state index contributed by atoms with van der Waals surface area (Å²) >= 11 is 7.74. The van der Waals surface area contributed by atoms with Crippen molar-refractivity contribution in [2.45, 2.75) is 26.2 Å². The number of fused-ring (bicyclic) bond motifs is 3. The van der Waals surface area contributed by atoms with Gasteiger partial charge in [0.25, 0.3) is 0 Å². The highest BCUT2D eigenvalue weighted by atomic mass is 35.5. The van der Waals surface area contributed by atoms with Crippen molar-refractivity contribution in [3.8, 4) is 22.9 Å². The minimum Gasteiger partial charge on any atom is -0.495 e. The average molecular weight is 631 g/mol. The highest BCUT2D eigenvalue weighted by Crippen LogP contribution is 2.33. The van der Waals surface area contributed by atoms with E-state index >= 15 is 0 Å². The Hall–Kier alpha value is -5.07. The van der Waals surface area contributed by atoms with E-state index in [0.717, 1.165) is 15.9 Å². The van der Waals surface area contributed by atoms with Crippen molar-refractivity contribution in [1.29, 1.82) is 0 Å². The van der Waals surface area contributed by atoms with Gasteiger partial charge in [0.15, 0.2) is 10.7 Å². The monoisotopic (exact) mass is 630 g/mol. The number of ether oxygens (including phenoxy) is 2. The maximum Gasteiger partial charge on any atom is 0.354 e. The number of nitrogens with zero attached hydrogens (tertiary/aromatic N) is 4. The SMILES string of the molecule is COc1ccc(-n2nc(C(C)(C)C)cc2NC(=O)Nc2ccc(Oc3ccc4c(c3)sc3ncc(C(=O)O)n34)cc2)cc1Cl. The highest BCUT2D eigenvalue weighted by molar-refractivity contribution is 7.23. The molecular weight excluding hydrogens is 604 g/mol. The van der Waals surface area contributed by atoms with Crippen LogP contribution in [0.25, 0.3) is 20.9 Å². The zero-order chi connectivity index (χ0) is 31.2. The molecule has 3 aromatic carbocycles. The first-order chi connectivity index (χ1) is 21.0. The minimum absolute atomic E-state index is 0.108. The smallest absolute Gasteiger partial charge is 0.354 e. The van der Waals surface area contributed by atoms with Gasteiger partial charge in [-0.2, -0.15) is 5.10 Å². The second-order valence-electron chi connectivity index (χ2n) is 10.9. The zero-order valence-electron chi connectivity index (χ0n) is 24.1. The molecule has 0 radical (unpaired) electrons. The number of aromatic carboxylic acids is 1. The van der Waals surface area contributed by atoms with Crippen molar-refractivity contribution in [1.82, 2.24) is 19.2 Å². The fourth-order valence-electron chi connectivity index (χ4n) is 4.55. The number of thiazole rings is 1. The van der Waals surface area contributed by atoms with Crippen LogP contribution in [0, 0.1) is 0 Å². The Bertz CT molecular complexity index is 2040. The maximum absolute atomic E-state index is 13.0. The lowest BCUT2D eigenvalue weighted by Gasteiger charge is -2.14. The molecule has 44 heavy (non-hydrogen) atoms. The van der Waals surface area contributed by atoms with Crippen LogP contribution < -0.4 is 20.1 Å². The van der Waals surface area contributed by atoms with Crippen molar-refractivity contribution in [3.05, 3.63) is 89.3 Å². The van der Waals surface area contributed by atoms with E-state index in [1.54, 1.807) is 64.7 Å². The molecule has 0 unspecified atom stereocenters. The van der Waals surface area contributed by atoms with Crippen LogP contribution >= 0.6 is 22.9 Å². The Balaban J connectivity index is 1.16. The van der Waals surface area contributed by atoms with E-state index in [2.05, 4.69) is 15.6 Å². The van der Waals surface area contributed by atoms with Crippen LogP contribution in [0.2, 0.25) is 5.02 Å². The van der Waals surface area contributed by atoms with E-state index in [-0.39, 0.29) is 11.1 Å². The number of anilines is 2. The fourth-order valence-corrected chi connectivity index (χ4v) is 5.84. The van der Waals surface area contributed by atoms with Gasteiger partial charge in [-0.15, -0.1) is 0 Å². The number of carboxylic acid groups (broad SMARTS) is 1. The van der Waals surface area contributed by atoms with Crippen molar-refractivity contribution in [2.75, 3.05) is 17.7 Å². The zero-order valence-corrected chi connectivity index (χ0v) is 25.7. The van der Waals surface area contributed by atoms with Gasteiger partial charge in [0.2, 0.25) is 0 Å². The standard InChI is InChI=1S/C31H27ClN6O5S/c1-31(2,3)26-15-27(38(36-26)18-7-12-24(42-4)21(32)13-18)35-29(41)34-17-5-8-19(9-6-17)43-20-10-11-22-25(14-20)44-30-33-16-23(28(39)40)37(22)30/h5-16H,1-4H3,(H,39,40)(H2,34,35,41). The third-order valence-corrected chi connectivity index (χ3v) is 8.08. The average Bonchev–Trinajstić information content (AvgIpc) is 3.67. The number of carboxylic acids is 1. The first kappa shape index (κ1) is 29.0. The number of benzene rings is 3. The summed E-state index contributed by atoms with van der Waals surface area (Å²) in [5.74, 6) is 1.12. The summed E-state index contributed by atoms with van der Waals surface area (Å²) in [5.41, 5.74) is 2.60. The largest absolute Gasteiger partial charge is 0.495 e. The van der Waals surface area contributed by atoms with Crippen molar-refractivity contribution in [2.24, 2.45) is 0 Å². The first-order valence-corrected chi connectivity index (χ1v) is 14.6. The lowest BCUT2D eigenvalue weighted by atomic mass is 9.92. The van der Waals surface area contributed by atoms with Crippen LogP contribution in [0.3, 0.4) is 0 Å². The molecule has 0 aliphatic carbocycles. The lowest BCUT2D eigenvalue weighted by Crippen LogP contribution is -2.21. The van der Waals surface area contributed by atoms with Crippen LogP contribution in [0.15, 0.2) is 72.9 Å². The second-order valence-corrected chi connectivity index (χ2v) is 12.3. The molecule has 0 spiro atoms. The van der Waals surface area contributed by atoms with E-state index < -0.39 is 12.0 Å². The van der Waals surface area contributed by atoms with Gasteiger partial charge in [-0.05, 0) is 54.6 Å². The molecule has 3 aromatic heterocycles. The lowest BCUT2D eigenvalue weighted by molar-refractivity contribution is 0.0690. The predicted molar refractivity (Wildman–Crippen MR) is 171 cm³/mol. The van der Waals surface area contributed by atoms with Crippen LogP contribution in [-0.4, -0.2) is 43.4 Å². The molecule has 0 aliphatic rings. The number of amides is 2. The topological polar surface area (TPSA) is 132 Å². The second kappa shape index (κ2) is 11.2. The Morgan fingerprint density at radius 1 is 0.977 bits per heavy atom. The molecule has 0 bridgehead atoms. The Labute approximate surface area is 260 Å². The van der Waals surface area contributed by atoms with Crippen LogP contribution in [0.1, 0.15) is 37.0 Å². The van der Waals surface area contributed by atoms with Gasteiger partial charge in [-0.3, -0.25) is 9.72 Å². The summed E-state index contributed by atoms with van der Waals surface area (Å²) in [7, 11) is 1.55. The van der Waals surface area contributed by atoms with E-state index in [0.29, 0.717) is 44.4 Å². The Kier molecular flexibility index (Phi) is 7.39. The van der Waals surface area contributed by atoms with Crippen molar-refractivity contribution < 1.29 is 24.2 Å². The normalized spacial score (nSPS) is 11.6. The molecule has 0 saturated heterocycles. The number of halogens is 1. The van der Waals surface area contributed by atoms with Gasteiger partial charge < -0.3 is 19.9 Å². The number of imidazole rings is 1. The highest BCUT2D eigenvalue weighted by Gasteiger charge is 2.22. The van der Waals surface area contributed by atoms with Gasteiger partial charge in [0.05, 0.1) is 39.9 Å². The van der Waals surface area contributed by atoms with E-state index in [9.17, 15) is 14.7 Å². The van der Waals surface area contributed by atoms with E-state index in [1.165, 1.54) is 17.5 Å². The maximum atomic E-state index is 13.0. The number of aromatic nitrogens is 4. The number of carbonyl (C=O) groups excluding carboxylic acids is 1. The molecule has 6 rings (SSSR count). The van der Waals surface area contributed by atoms with Gasteiger partial charge in [0, 0.05) is 23.2 Å². The third kappa shape index (κ3) is 5.64. The van der Waals surface area contributed by atoms with E-state index in [4.69, 9.17) is 26.2 Å². The Morgan fingerprint density at radius 2 is 1.73 bits per heavy atom. The molecule has 3 N–H and O–H groups in total. The molecule has 0 saturated carbocycles. The summed E-state index contributed by atoms with van der Waals surface area (Å²) < 4.78 is 15.4. The number of methoxy groups -OCH3 is 1. The van der Waals surface area contributed by atoms with Crippen molar-refractivity contribution >= 4 is 61.6 Å². The molecule has 11 nitrogen and oxygen atoms in total. The van der Waals surface area contributed by atoms with Gasteiger partial charge in [0.1, 0.15) is 23.1 Å². The molecular formula is C31H27ClN6O5S. The molecule has 13 heteroatoms. The van der Waals surface area contributed by atoms with E-state index in [1.807, 2.05) is 39.0 Å². The number of carbonyl (C=O) groups is 2. The molecule has 224 valence electrons. The molecule has 6 aromatic rings.